The van der Waals surface area contributed by atoms with Crippen LogP contribution in [-0.4, -0.2) is 24.1 Å². The van der Waals surface area contributed by atoms with E-state index in [0.29, 0.717) is 22.2 Å². The van der Waals surface area contributed by atoms with E-state index < -0.39 is 5.97 Å². The highest BCUT2D eigenvalue weighted by atomic mass is 32.1. The SMILES string of the molecule is COC(=O)c1cc(C)sc1NC(=O)c1noc2c1C[C@@H](C(C)(C)C)CC2. The van der Waals surface area contributed by atoms with Crippen LogP contribution in [0, 0.1) is 18.3 Å². The molecule has 0 bridgehead atoms. The van der Waals surface area contributed by atoms with Crippen molar-refractivity contribution in [3.05, 3.63) is 33.5 Å². The number of ether oxygens (including phenoxy) is 1. The summed E-state index contributed by atoms with van der Waals surface area (Å²) in [6.07, 6.45) is 2.60. The summed E-state index contributed by atoms with van der Waals surface area (Å²) in [4.78, 5) is 25.6. The Kier molecular flexibility index (Phi) is 4.92. The number of aryl methyl sites for hydroxylation is 2. The fourth-order valence-corrected chi connectivity index (χ4v) is 4.25. The van der Waals surface area contributed by atoms with E-state index in [-0.39, 0.29) is 11.3 Å². The number of hydrogen-bond acceptors (Lipinski definition) is 6. The normalized spacial score (nSPS) is 16.9. The number of thiophene rings is 1. The number of fused-ring (bicyclic) bond motifs is 1. The molecule has 26 heavy (non-hydrogen) atoms. The first kappa shape index (κ1) is 18.6. The second kappa shape index (κ2) is 6.87. The van der Waals surface area contributed by atoms with Crippen LogP contribution in [0.2, 0.25) is 0 Å². The molecule has 7 heteroatoms. The van der Waals surface area contributed by atoms with Gasteiger partial charge >= 0.3 is 5.97 Å². The number of nitrogens with zero attached hydrogens (tertiary/aromatic N) is 1. The highest BCUT2D eigenvalue weighted by molar-refractivity contribution is 7.16. The largest absolute Gasteiger partial charge is 0.465 e. The van der Waals surface area contributed by atoms with E-state index in [9.17, 15) is 9.59 Å². The second-order valence-corrected chi connectivity index (χ2v) is 9.04. The number of nitrogens with one attached hydrogen (secondary N) is 1. The van der Waals surface area contributed by atoms with Gasteiger partial charge in [0.05, 0.1) is 12.7 Å². The van der Waals surface area contributed by atoms with Gasteiger partial charge in [0, 0.05) is 16.9 Å². The predicted octanol–water partition coefficient (Wildman–Crippen LogP) is 4.23. The highest BCUT2D eigenvalue weighted by Crippen LogP contribution is 2.38. The van der Waals surface area contributed by atoms with Crippen LogP contribution in [-0.2, 0) is 17.6 Å². The van der Waals surface area contributed by atoms with Crippen LogP contribution in [0.15, 0.2) is 10.6 Å². The molecule has 1 aliphatic rings. The third-order valence-electron chi connectivity index (χ3n) is 4.97. The number of amides is 1. The third-order valence-corrected chi connectivity index (χ3v) is 5.93. The summed E-state index contributed by atoms with van der Waals surface area (Å²) in [5, 5.41) is 7.29. The van der Waals surface area contributed by atoms with Crippen LogP contribution >= 0.6 is 11.3 Å². The summed E-state index contributed by atoms with van der Waals surface area (Å²) < 4.78 is 10.2. The molecular formula is C19H24N2O4S. The molecule has 1 atom stereocenters. The van der Waals surface area contributed by atoms with Gasteiger partial charge in [-0.25, -0.2) is 4.79 Å². The molecule has 1 aliphatic carbocycles. The van der Waals surface area contributed by atoms with Crippen molar-refractivity contribution in [2.45, 2.75) is 47.0 Å². The van der Waals surface area contributed by atoms with Crippen molar-refractivity contribution in [2.24, 2.45) is 11.3 Å². The maximum atomic E-state index is 12.8. The maximum absolute atomic E-state index is 12.8. The summed E-state index contributed by atoms with van der Waals surface area (Å²) in [5.74, 6) is 0.443. The number of rotatable bonds is 3. The molecule has 140 valence electrons. The minimum Gasteiger partial charge on any atom is -0.465 e. The molecule has 2 aromatic rings. The molecule has 0 saturated carbocycles. The van der Waals surface area contributed by atoms with Crippen LogP contribution in [0.4, 0.5) is 5.00 Å². The van der Waals surface area contributed by atoms with Gasteiger partial charge in [-0.2, -0.15) is 0 Å². The quantitative estimate of drug-likeness (QED) is 0.811. The average Bonchev–Trinajstić information content (AvgIpc) is 3.16. The molecule has 2 heterocycles. The van der Waals surface area contributed by atoms with Crippen LogP contribution < -0.4 is 5.32 Å². The first-order valence-corrected chi connectivity index (χ1v) is 9.50. The van der Waals surface area contributed by atoms with E-state index in [2.05, 4.69) is 31.2 Å². The number of aromatic nitrogens is 1. The number of hydrogen-bond donors (Lipinski definition) is 1. The standard InChI is InChI=1S/C19H24N2O4S/c1-10-8-13(18(23)24-5)17(26-10)20-16(22)15-12-9-11(19(2,3)4)6-7-14(12)25-21-15/h8,11H,6-7,9H2,1-5H3,(H,20,22)/t11-/m0/s1. The summed E-state index contributed by atoms with van der Waals surface area (Å²) in [7, 11) is 1.32. The molecule has 0 fully saturated rings. The molecular weight excluding hydrogens is 352 g/mol. The molecule has 0 spiro atoms. The highest BCUT2D eigenvalue weighted by Gasteiger charge is 2.34. The topological polar surface area (TPSA) is 81.4 Å². The van der Waals surface area contributed by atoms with Gasteiger partial charge in [0.1, 0.15) is 10.8 Å². The van der Waals surface area contributed by atoms with E-state index in [4.69, 9.17) is 9.26 Å². The number of esters is 1. The Morgan fingerprint density at radius 2 is 2.12 bits per heavy atom. The van der Waals surface area contributed by atoms with E-state index in [1.165, 1.54) is 18.4 Å². The molecule has 1 amide bonds. The smallest absolute Gasteiger partial charge is 0.340 e. The van der Waals surface area contributed by atoms with E-state index in [0.717, 1.165) is 35.5 Å². The Labute approximate surface area is 156 Å². The Hall–Kier alpha value is -2.15. The Balaban J connectivity index is 1.85. The number of carbonyl (C=O) groups excluding carboxylic acids is 2. The summed E-state index contributed by atoms with van der Waals surface area (Å²) in [5.41, 5.74) is 1.72. The van der Waals surface area contributed by atoms with Crippen LogP contribution in [0.25, 0.3) is 0 Å². The number of methoxy groups -OCH3 is 1. The summed E-state index contributed by atoms with van der Waals surface area (Å²) in [6, 6.07) is 1.71. The second-order valence-electron chi connectivity index (χ2n) is 7.78. The van der Waals surface area contributed by atoms with Crippen molar-refractivity contribution in [3.8, 4) is 0 Å². The molecule has 0 aromatic carbocycles. The van der Waals surface area contributed by atoms with Crippen LogP contribution in [0.3, 0.4) is 0 Å². The Bertz CT molecular complexity index is 844. The van der Waals surface area contributed by atoms with Gasteiger partial charge in [-0.1, -0.05) is 25.9 Å². The molecule has 0 unspecified atom stereocenters. The fourth-order valence-electron chi connectivity index (χ4n) is 3.35. The van der Waals surface area contributed by atoms with Crippen molar-refractivity contribution in [3.63, 3.8) is 0 Å². The molecule has 0 saturated heterocycles. The van der Waals surface area contributed by atoms with Crippen molar-refractivity contribution >= 4 is 28.2 Å². The Morgan fingerprint density at radius 1 is 1.38 bits per heavy atom. The molecule has 2 aromatic heterocycles. The van der Waals surface area contributed by atoms with Gasteiger partial charge in [0.2, 0.25) is 0 Å². The zero-order valence-corrected chi connectivity index (χ0v) is 16.6. The molecule has 1 N–H and O–H groups in total. The van der Waals surface area contributed by atoms with Crippen LogP contribution in [0.1, 0.15) is 64.2 Å². The fraction of sp³-hybridized carbons (Fsp3) is 0.526. The van der Waals surface area contributed by atoms with Gasteiger partial charge < -0.3 is 14.6 Å². The zero-order valence-electron chi connectivity index (χ0n) is 15.8. The number of carbonyl (C=O) groups is 2. The Morgan fingerprint density at radius 3 is 2.77 bits per heavy atom. The van der Waals surface area contributed by atoms with Gasteiger partial charge in [-0.3, -0.25) is 4.79 Å². The first-order valence-electron chi connectivity index (χ1n) is 8.68. The van der Waals surface area contributed by atoms with E-state index in [1.807, 2.05) is 6.92 Å². The van der Waals surface area contributed by atoms with Gasteiger partial charge in [-0.05, 0) is 37.2 Å². The molecule has 6 nitrogen and oxygen atoms in total. The predicted molar refractivity (Wildman–Crippen MR) is 99.8 cm³/mol. The molecule has 0 radical (unpaired) electrons. The maximum Gasteiger partial charge on any atom is 0.340 e. The van der Waals surface area contributed by atoms with Gasteiger partial charge in [0.25, 0.3) is 5.91 Å². The van der Waals surface area contributed by atoms with Crippen molar-refractivity contribution < 1.29 is 18.8 Å². The zero-order chi connectivity index (χ0) is 19.1. The lowest BCUT2D eigenvalue weighted by atomic mass is 9.71. The van der Waals surface area contributed by atoms with Gasteiger partial charge in [0.15, 0.2) is 5.69 Å². The van der Waals surface area contributed by atoms with Gasteiger partial charge in [-0.15, -0.1) is 11.3 Å². The number of anilines is 1. The average molecular weight is 376 g/mol. The van der Waals surface area contributed by atoms with Crippen LogP contribution in [0.5, 0.6) is 0 Å². The molecule has 3 rings (SSSR count). The lowest BCUT2D eigenvalue weighted by Crippen LogP contribution is -2.27. The van der Waals surface area contributed by atoms with E-state index in [1.54, 1.807) is 6.07 Å². The monoisotopic (exact) mass is 376 g/mol. The minimum atomic E-state index is -0.473. The minimum absolute atomic E-state index is 0.158. The molecule has 0 aliphatic heterocycles. The summed E-state index contributed by atoms with van der Waals surface area (Å²) >= 11 is 1.33. The lowest BCUT2D eigenvalue weighted by Gasteiger charge is -2.33. The van der Waals surface area contributed by atoms with E-state index >= 15 is 0 Å². The first-order chi connectivity index (χ1) is 12.2. The van der Waals surface area contributed by atoms with Crippen molar-refractivity contribution in [1.82, 2.24) is 5.16 Å². The van der Waals surface area contributed by atoms with Crippen molar-refractivity contribution in [2.75, 3.05) is 12.4 Å². The summed E-state index contributed by atoms with van der Waals surface area (Å²) in [6.45, 7) is 8.52. The lowest BCUT2D eigenvalue weighted by molar-refractivity contribution is 0.0602. The third kappa shape index (κ3) is 3.53. The van der Waals surface area contributed by atoms with Crippen molar-refractivity contribution in [1.29, 1.82) is 0 Å².